The van der Waals surface area contributed by atoms with E-state index in [-0.39, 0.29) is 5.84 Å². The molecule has 6 heteroatoms. The second-order valence-electron chi connectivity index (χ2n) is 4.12. The molecule has 1 heterocycles. The van der Waals surface area contributed by atoms with Crippen LogP contribution in [-0.2, 0) is 0 Å². The van der Waals surface area contributed by atoms with Gasteiger partial charge in [-0.25, -0.2) is 9.97 Å². The number of nitrogens with one attached hydrogen (secondary N) is 1. The fourth-order valence-electron chi connectivity index (χ4n) is 1.67. The highest BCUT2D eigenvalue weighted by atomic mass is 32.2. The van der Waals surface area contributed by atoms with Crippen LogP contribution in [0.4, 0.5) is 0 Å². The minimum atomic E-state index is 0.0798. The Morgan fingerprint density at radius 1 is 1.25 bits per heavy atom. The molecule has 3 N–H and O–H groups in total. The summed E-state index contributed by atoms with van der Waals surface area (Å²) in [4.78, 5) is 10.5. The van der Waals surface area contributed by atoms with Gasteiger partial charge in [-0.2, -0.15) is 0 Å². The number of nitrogen functional groups attached to an aromatic ring is 1. The Morgan fingerprint density at radius 3 is 2.50 bits per heavy atom. The van der Waals surface area contributed by atoms with E-state index in [9.17, 15) is 0 Å². The quantitative estimate of drug-likeness (QED) is 0.383. The van der Waals surface area contributed by atoms with Crippen molar-refractivity contribution in [3.63, 3.8) is 0 Å². The fourth-order valence-corrected chi connectivity index (χ4v) is 3.46. The van der Waals surface area contributed by atoms with Crippen LogP contribution < -0.4 is 5.73 Å². The molecule has 1 aromatic heterocycles. The van der Waals surface area contributed by atoms with Gasteiger partial charge in [-0.05, 0) is 42.1 Å². The molecule has 0 aliphatic carbocycles. The van der Waals surface area contributed by atoms with Gasteiger partial charge in [-0.15, -0.1) is 11.8 Å². The van der Waals surface area contributed by atoms with Crippen molar-refractivity contribution in [1.82, 2.24) is 9.97 Å². The van der Waals surface area contributed by atoms with Gasteiger partial charge in [-0.1, -0.05) is 13.0 Å². The summed E-state index contributed by atoms with van der Waals surface area (Å²) in [6.45, 7) is 4.03. The number of thioether (sulfide) groups is 1. The van der Waals surface area contributed by atoms with Gasteiger partial charge in [0.15, 0.2) is 5.16 Å². The minimum absolute atomic E-state index is 0.0798. The van der Waals surface area contributed by atoms with E-state index in [0.717, 1.165) is 26.7 Å². The Kier molecular flexibility index (Phi) is 5.03. The Balaban J connectivity index is 2.37. The number of aromatic nitrogens is 2. The SMILES string of the molecule is CCSc1cccc(Sc2ncc(C)cn2)c1C(=N)N. The van der Waals surface area contributed by atoms with Crippen LogP contribution in [0.3, 0.4) is 0 Å². The molecule has 0 unspecified atom stereocenters. The molecule has 0 saturated carbocycles. The molecular weight excluding hydrogens is 288 g/mol. The topological polar surface area (TPSA) is 75.7 Å². The summed E-state index contributed by atoms with van der Waals surface area (Å²) in [5, 5.41) is 8.47. The van der Waals surface area contributed by atoms with Crippen molar-refractivity contribution in [2.75, 3.05) is 5.75 Å². The lowest BCUT2D eigenvalue weighted by Gasteiger charge is -2.11. The molecule has 20 heavy (non-hydrogen) atoms. The first kappa shape index (κ1) is 14.9. The summed E-state index contributed by atoms with van der Waals surface area (Å²) in [6, 6.07) is 5.91. The van der Waals surface area contributed by atoms with E-state index >= 15 is 0 Å². The summed E-state index contributed by atoms with van der Waals surface area (Å²) < 4.78 is 0. The summed E-state index contributed by atoms with van der Waals surface area (Å²) in [5.41, 5.74) is 7.54. The molecule has 0 amide bonds. The van der Waals surface area contributed by atoms with Crippen molar-refractivity contribution in [3.05, 3.63) is 41.7 Å². The lowest BCUT2D eigenvalue weighted by molar-refractivity contribution is 0.949. The summed E-state index contributed by atoms with van der Waals surface area (Å²) in [6.07, 6.45) is 3.57. The third kappa shape index (κ3) is 3.52. The van der Waals surface area contributed by atoms with Gasteiger partial charge in [-0.3, -0.25) is 5.41 Å². The maximum Gasteiger partial charge on any atom is 0.192 e. The first-order chi connectivity index (χ1) is 9.61. The van der Waals surface area contributed by atoms with E-state index in [1.54, 1.807) is 24.2 Å². The highest BCUT2D eigenvalue weighted by Crippen LogP contribution is 2.33. The number of nitrogens with zero attached hydrogens (tertiary/aromatic N) is 2. The van der Waals surface area contributed by atoms with E-state index in [1.807, 2.05) is 25.1 Å². The van der Waals surface area contributed by atoms with Crippen molar-refractivity contribution in [1.29, 1.82) is 5.41 Å². The second-order valence-corrected chi connectivity index (χ2v) is 6.44. The van der Waals surface area contributed by atoms with E-state index in [4.69, 9.17) is 11.1 Å². The number of hydrogen-bond donors (Lipinski definition) is 2. The van der Waals surface area contributed by atoms with Gasteiger partial charge in [0.1, 0.15) is 5.84 Å². The van der Waals surface area contributed by atoms with Gasteiger partial charge in [0.25, 0.3) is 0 Å². The minimum Gasteiger partial charge on any atom is -0.384 e. The highest BCUT2D eigenvalue weighted by molar-refractivity contribution is 8.00. The van der Waals surface area contributed by atoms with Crippen molar-refractivity contribution in [3.8, 4) is 0 Å². The molecule has 0 bridgehead atoms. The summed E-state index contributed by atoms with van der Waals surface area (Å²) >= 11 is 3.12. The molecule has 0 aliphatic rings. The molecule has 1 aromatic carbocycles. The second kappa shape index (κ2) is 6.76. The summed E-state index contributed by atoms with van der Waals surface area (Å²) in [7, 11) is 0. The van der Waals surface area contributed by atoms with Crippen molar-refractivity contribution < 1.29 is 0 Å². The Hall–Kier alpha value is -1.53. The van der Waals surface area contributed by atoms with Crippen LogP contribution in [0.2, 0.25) is 0 Å². The van der Waals surface area contributed by atoms with Crippen molar-refractivity contribution in [2.24, 2.45) is 5.73 Å². The van der Waals surface area contributed by atoms with Crippen LogP contribution in [0.1, 0.15) is 18.1 Å². The standard InChI is InChI=1S/C14H16N4S2/c1-3-19-10-5-4-6-11(12(10)13(15)16)20-14-17-7-9(2)8-18-14/h4-8H,3H2,1-2H3,(H3,15,16). The zero-order valence-corrected chi connectivity index (χ0v) is 13.0. The van der Waals surface area contributed by atoms with E-state index in [2.05, 4.69) is 16.9 Å². The Labute approximate surface area is 127 Å². The van der Waals surface area contributed by atoms with Crippen LogP contribution in [-0.4, -0.2) is 21.6 Å². The Bertz CT molecular complexity index is 611. The molecule has 2 aromatic rings. The van der Waals surface area contributed by atoms with Crippen LogP contribution in [0.5, 0.6) is 0 Å². The molecule has 0 fully saturated rings. The molecule has 0 aliphatic heterocycles. The van der Waals surface area contributed by atoms with Gasteiger partial charge < -0.3 is 5.73 Å². The summed E-state index contributed by atoms with van der Waals surface area (Å²) in [5.74, 6) is 1.02. The van der Waals surface area contributed by atoms with Crippen LogP contribution >= 0.6 is 23.5 Å². The number of nitrogens with two attached hydrogens (primary N) is 1. The molecule has 2 rings (SSSR count). The zero-order chi connectivity index (χ0) is 14.5. The molecule has 0 atom stereocenters. The molecule has 0 spiro atoms. The number of benzene rings is 1. The van der Waals surface area contributed by atoms with Crippen LogP contribution in [0.15, 0.2) is 45.5 Å². The molecule has 4 nitrogen and oxygen atoms in total. The predicted molar refractivity (Wildman–Crippen MR) is 84.7 cm³/mol. The monoisotopic (exact) mass is 304 g/mol. The zero-order valence-electron chi connectivity index (χ0n) is 11.4. The lowest BCUT2D eigenvalue weighted by Crippen LogP contribution is -2.13. The molecule has 0 radical (unpaired) electrons. The average molecular weight is 304 g/mol. The van der Waals surface area contributed by atoms with Crippen molar-refractivity contribution >= 4 is 29.4 Å². The fraction of sp³-hybridized carbons (Fsp3) is 0.214. The normalized spacial score (nSPS) is 10.5. The number of rotatable bonds is 5. The molecule has 0 saturated heterocycles. The third-order valence-corrected chi connectivity index (χ3v) is 4.41. The maximum absolute atomic E-state index is 7.81. The first-order valence-electron chi connectivity index (χ1n) is 6.18. The first-order valence-corrected chi connectivity index (χ1v) is 7.98. The van der Waals surface area contributed by atoms with Gasteiger partial charge in [0.2, 0.25) is 0 Å². The maximum atomic E-state index is 7.81. The highest BCUT2D eigenvalue weighted by Gasteiger charge is 2.13. The number of aryl methyl sites for hydroxylation is 1. The van der Waals surface area contributed by atoms with Crippen LogP contribution in [0.25, 0.3) is 0 Å². The Morgan fingerprint density at radius 2 is 1.90 bits per heavy atom. The number of amidine groups is 1. The number of hydrogen-bond acceptors (Lipinski definition) is 5. The molecular formula is C14H16N4S2. The predicted octanol–water partition coefficient (Wildman–Crippen LogP) is 3.33. The van der Waals surface area contributed by atoms with Gasteiger partial charge >= 0.3 is 0 Å². The lowest BCUT2D eigenvalue weighted by atomic mass is 10.2. The van der Waals surface area contributed by atoms with E-state index < -0.39 is 0 Å². The largest absolute Gasteiger partial charge is 0.384 e. The van der Waals surface area contributed by atoms with Gasteiger partial charge in [0, 0.05) is 27.7 Å². The van der Waals surface area contributed by atoms with Crippen molar-refractivity contribution in [2.45, 2.75) is 28.8 Å². The third-order valence-electron chi connectivity index (χ3n) is 2.52. The van der Waals surface area contributed by atoms with Gasteiger partial charge in [0.05, 0.1) is 0 Å². The van der Waals surface area contributed by atoms with Crippen LogP contribution in [0, 0.1) is 12.3 Å². The average Bonchev–Trinajstić information content (AvgIpc) is 2.41. The smallest absolute Gasteiger partial charge is 0.192 e. The molecule has 104 valence electrons. The van der Waals surface area contributed by atoms with E-state index in [0.29, 0.717) is 5.16 Å². The van der Waals surface area contributed by atoms with E-state index in [1.165, 1.54) is 11.8 Å².